The highest BCUT2D eigenvalue weighted by atomic mass is 32.2. The van der Waals surface area contributed by atoms with Crippen LogP contribution in [0, 0.1) is 5.92 Å². The summed E-state index contributed by atoms with van der Waals surface area (Å²) in [7, 11) is 0. The predicted molar refractivity (Wildman–Crippen MR) is 84.5 cm³/mol. The molecule has 2 heterocycles. The molecule has 0 spiro atoms. The van der Waals surface area contributed by atoms with Crippen LogP contribution >= 0.6 is 11.8 Å². The number of nitrogen functional groups attached to an aromatic ring is 1. The Balaban J connectivity index is 1.83. The van der Waals surface area contributed by atoms with Crippen molar-refractivity contribution >= 4 is 23.4 Å². The van der Waals surface area contributed by atoms with Gasteiger partial charge in [-0.15, -0.1) is 11.8 Å². The van der Waals surface area contributed by atoms with Crippen molar-refractivity contribution in [3.63, 3.8) is 0 Å². The number of benzene rings is 1. The van der Waals surface area contributed by atoms with Crippen LogP contribution in [-0.4, -0.2) is 36.3 Å². The van der Waals surface area contributed by atoms with Crippen LogP contribution in [0.4, 0.5) is 5.69 Å². The zero-order chi connectivity index (χ0) is 15.7. The average molecular weight is 323 g/mol. The Morgan fingerprint density at radius 2 is 2.14 bits per heavy atom. The molecule has 2 N–H and O–H groups in total. The molecule has 0 bridgehead atoms. The quantitative estimate of drug-likeness (QED) is 0.521. The maximum absolute atomic E-state index is 12.0. The fourth-order valence-electron chi connectivity index (χ4n) is 2.84. The number of carbonyl (C=O) groups excluding carboxylic acids is 1. The smallest absolute Gasteiger partial charge is 0.310 e. The van der Waals surface area contributed by atoms with Gasteiger partial charge >= 0.3 is 5.97 Å². The van der Waals surface area contributed by atoms with Gasteiger partial charge < -0.3 is 19.9 Å². The van der Waals surface area contributed by atoms with E-state index in [1.165, 1.54) is 0 Å². The zero-order valence-corrected chi connectivity index (χ0v) is 13.6. The molecule has 1 aromatic carbocycles. The van der Waals surface area contributed by atoms with E-state index < -0.39 is 5.79 Å². The van der Waals surface area contributed by atoms with Crippen LogP contribution in [-0.2, 0) is 19.0 Å². The average Bonchev–Trinajstić information content (AvgIpc) is 3.04. The summed E-state index contributed by atoms with van der Waals surface area (Å²) in [4.78, 5) is 13.0. The Labute approximate surface area is 134 Å². The van der Waals surface area contributed by atoms with Gasteiger partial charge in [0.1, 0.15) is 0 Å². The number of carbonyl (C=O) groups is 1. The molecule has 1 aromatic rings. The van der Waals surface area contributed by atoms with E-state index in [-0.39, 0.29) is 23.2 Å². The highest BCUT2D eigenvalue weighted by molar-refractivity contribution is 8.00. The van der Waals surface area contributed by atoms with Crippen molar-refractivity contribution in [2.75, 3.05) is 18.9 Å². The second-order valence-electron chi connectivity index (χ2n) is 6.05. The Morgan fingerprint density at radius 3 is 2.73 bits per heavy atom. The number of esters is 1. The molecule has 0 unspecified atom stereocenters. The Morgan fingerprint density at radius 1 is 1.36 bits per heavy atom. The first-order valence-corrected chi connectivity index (χ1v) is 8.34. The third-order valence-electron chi connectivity index (χ3n) is 3.95. The Bertz CT molecular complexity index is 563. The SMILES string of the molecule is CC1(C)OC[C@H]([C@@H](Sc2ccccc2N)[C@@H]2CCOC2=O)O1. The Kier molecular flexibility index (Phi) is 4.34. The molecule has 3 rings (SSSR count). The molecular formula is C16H21NO4S. The minimum atomic E-state index is -0.617. The van der Waals surface area contributed by atoms with Gasteiger partial charge in [-0.1, -0.05) is 12.1 Å². The summed E-state index contributed by atoms with van der Waals surface area (Å²) in [6.45, 7) is 4.72. The lowest BCUT2D eigenvalue weighted by Gasteiger charge is -2.27. The number of cyclic esters (lactones) is 1. The predicted octanol–water partition coefficient (Wildman–Crippen LogP) is 2.44. The van der Waals surface area contributed by atoms with E-state index in [9.17, 15) is 4.79 Å². The molecule has 0 aromatic heterocycles. The molecule has 0 amide bonds. The van der Waals surface area contributed by atoms with Crippen molar-refractivity contribution in [2.45, 2.75) is 42.3 Å². The number of nitrogens with two attached hydrogens (primary N) is 1. The third-order valence-corrected chi connectivity index (χ3v) is 5.48. The number of anilines is 1. The zero-order valence-electron chi connectivity index (χ0n) is 12.8. The third kappa shape index (κ3) is 3.24. The summed E-state index contributed by atoms with van der Waals surface area (Å²) in [5.41, 5.74) is 6.76. The van der Waals surface area contributed by atoms with Crippen LogP contribution in [0.2, 0.25) is 0 Å². The van der Waals surface area contributed by atoms with Gasteiger partial charge in [-0.05, 0) is 32.4 Å². The van der Waals surface area contributed by atoms with Crippen molar-refractivity contribution in [1.29, 1.82) is 0 Å². The standard InChI is InChI=1S/C16H21NO4S/c1-16(2)20-9-12(21-16)14(10-7-8-19-15(10)18)22-13-6-4-3-5-11(13)17/h3-6,10,12,14H,7-9,17H2,1-2H3/t10-,12+,14-/m0/s1. The molecule has 0 aliphatic carbocycles. The summed E-state index contributed by atoms with van der Waals surface area (Å²) in [5.74, 6) is -0.957. The molecule has 0 radical (unpaired) electrons. The van der Waals surface area contributed by atoms with Gasteiger partial charge in [-0.3, -0.25) is 4.79 Å². The number of thioether (sulfide) groups is 1. The van der Waals surface area contributed by atoms with Crippen molar-refractivity contribution in [1.82, 2.24) is 0 Å². The maximum Gasteiger partial charge on any atom is 0.310 e. The van der Waals surface area contributed by atoms with Crippen molar-refractivity contribution in [3.8, 4) is 0 Å². The lowest BCUT2D eigenvalue weighted by atomic mass is 10.00. The number of ether oxygens (including phenoxy) is 3. The minimum absolute atomic E-state index is 0.0681. The first-order valence-electron chi connectivity index (χ1n) is 7.46. The summed E-state index contributed by atoms with van der Waals surface area (Å²) < 4.78 is 16.8. The van der Waals surface area contributed by atoms with Gasteiger partial charge in [-0.25, -0.2) is 0 Å². The molecule has 3 atom stereocenters. The fraction of sp³-hybridized carbons (Fsp3) is 0.562. The first kappa shape index (κ1) is 15.6. The van der Waals surface area contributed by atoms with Crippen LogP contribution in [0.5, 0.6) is 0 Å². The molecule has 2 saturated heterocycles. The van der Waals surface area contributed by atoms with Gasteiger partial charge in [0.15, 0.2) is 5.79 Å². The minimum Gasteiger partial charge on any atom is -0.465 e. The highest BCUT2D eigenvalue weighted by Gasteiger charge is 2.45. The van der Waals surface area contributed by atoms with E-state index in [1.54, 1.807) is 11.8 Å². The molecule has 2 fully saturated rings. The van der Waals surface area contributed by atoms with Crippen LogP contribution in [0.3, 0.4) is 0 Å². The molecule has 120 valence electrons. The molecule has 6 heteroatoms. The van der Waals surface area contributed by atoms with Gasteiger partial charge in [0.05, 0.1) is 30.5 Å². The van der Waals surface area contributed by atoms with Gasteiger partial charge in [0, 0.05) is 10.6 Å². The van der Waals surface area contributed by atoms with E-state index >= 15 is 0 Å². The largest absolute Gasteiger partial charge is 0.465 e. The monoisotopic (exact) mass is 323 g/mol. The second kappa shape index (κ2) is 6.10. The van der Waals surface area contributed by atoms with Crippen LogP contribution < -0.4 is 5.73 Å². The van der Waals surface area contributed by atoms with E-state index in [0.717, 1.165) is 4.90 Å². The van der Waals surface area contributed by atoms with E-state index in [4.69, 9.17) is 19.9 Å². The van der Waals surface area contributed by atoms with Gasteiger partial charge in [-0.2, -0.15) is 0 Å². The first-order chi connectivity index (χ1) is 10.5. The number of para-hydroxylation sites is 1. The highest BCUT2D eigenvalue weighted by Crippen LogP contribution is 2.41. The molecule has 5 nitrogen and oxygen atoms in total. The lowest BCUT2D eigenvalue weighted by Crippen LogP contribution is -2.36. The van der Waals surface area contributed by atoms with Crippen LogP contribution in [0.1, 0.15) is 20.3 Å². The van der Waals surface area contributed by atoms with Crippen molar-refractivity contribution in [2.24, 2.45) is 5.92 Å². The van der Waals surface area contributed by atoms with E-state index in [1.807, 2.05) is 38.1 Å². The lowest BCUT2D eigenvalue weighted by molar-refractivity contribution is -0.147. The molecule has 0 saturated carbocycles. The second-order valence-corrected chi connectivity index (χ2v) is 7.27. The normalized spacial score (nSPS) is 28.5. The van der Waals surface area contributed by atoms with Crippen LogP contribution in [0.25, 0.3) is 0 Å². The number of rotatable bonds is 4. The molecule has 2 aliphatic heterocycles. The van der Waals surface area contributed by atoms with Crippen LogP contribution in [0.15, 0.2) is 29.2 Å². The molecular weight excluding hydrogens is 302 g/mol. The molecule has 22 heavy (non-hydrogen) atoms. The van der Waals surface area contributed by atoms with Crippen molar-refractivity contribution < 1.29 is 19.0 Å². The number of hydrogen-bond acceptors (Lipinski definition) is 6. The number of hydrogen-bond donors (Lipinski definition) is 1. The fourth-order valence-corrected chi connectivity index (χ4v) is 4.19. The maximum atomic E-state index is 12.0. The summed E-state index contributed by atoms with van der Waals surface area (Å²) >= 11 is 1.58. The van der Waals surface area contributed by atoms with Gasteiger partial charge in [0.25, 0.3) is 0 Å². The topological polar surface area (TPSA) is 70.8 Å². The van der Waals surface area contributed by atoms with Gasteiger partial charge in [0.2, 0.25) is 0 Å². The van der Waals surface area contributed by atoms with Crippen molar-refractivity contribution in [3.05, 3.63) is 24.3 Å². The molecule has 2 aliphatic rings. The summed E-state index contributed by atoms with van der Waals surface area (Å²) in [5, 5.41) is -0.0681. The van der Waals surface area contributed by atoms with E-state index in [0.29, 0.717) is 25.3 Å². The summed E-state index contributed by atoms with van der Waals surface area (Å²) in [6, 6.07) is 7.67. The van der Waals surface area contributed by atoms with E-state index in [2.05, 4.69) is 0 Å². The Hall–Kier alpha value is -1.24. The summed E-state index contributed by atoms with van der Waals surface area (Å²) in [6.07, 6.45) is 0.555.